The quantitative estimate of drug-likeness (QED) is 0.578. The molecule has 0 atom stereocenters. The molecule has 0 fully saturated rings. The third-order valence-electron chi connectivity index (χ3n) is 4.28. The van der Waals surface area contributed by atoms with Gasteiger partial charge >= 0.3 is 0 Å². The molecule has 0 spiro atoms. The standard InChI is InChI=1S/C21H22N2O4S2/c1-14-5-10-20(15(2)11-14)23(16(3)24)21-22-17(13-28-21)12-27-18-6-8-19(9-7-18)29(4,25)26/h5-11,13H,12H2,1-4H3. The third kappa shape index (κ3) is 5.02. The molecule has 0 aliphatic heterocycles. The van der Waals surface area contributed by atoms with Crippen LogP contribution in [0.15, 0.2) is 52.7 Å². The van der Waals surface area contributed by atoms with Crippen molar-refractivity contribution in [1.29, 1.82) is 0 Å². The average molecular weight is 431 g/mol. The molecule has 3 aromatic rings. The second-order valence-electron chi connectivity index (χ2n) is 6.80. The minimum Gasteiger partial charge on any atom is -0.487 e. The highest BCUT2D eigenvalue weighted by molar-refractivity contribution is 7.90. The zero-order valence-corrected chi connectivity index (χ0v) is 18.3. The van der Waals surface area contributed by atoms with Crippen molar-refractivity contribution in [3.05, 3.63) is 64.7 Å². The highest BCUT2D eigenvalue weighted by Gasteiger charge is 2.20. The number of anilines is 2. The Morgan fingerprint density at radius 2 is 1.83 bits per heavy atom. The second-order valence-corrected chi connectivity index (χ2v) is 9.65. The van der Waals surface area contributed by atoms with Crippen LogP contribution in [0.25, 0.3) is 0 Å². The Hall–Kier alpha value is -2.71. The number of hydrogen-bond donors (Lipinski definition) is 0. The number of carbonyl (C=O) groups excluding carboxylic acids is 1. The van der Waals surface area contributed by atoms with E-state index >= 15 is 0 Å². The van der Waals surface area contributed by atoms with E-state index in [9.17, 15) is 13.2 Å². The SMILES string of the molecule is CC(=O)N(c1nc(COc2ccc(S(C)(=O)=O)cc2)cs1)c1ccc(C)cc1C. The topological polar surface area (TPSA) is 76.6 Å². The smallest absolute Gasteiger partial charge is 0.230 e. The fourth-order valence-corrected chi connectivity index (χ4v) is 4.36. The summed E-state index contributed by atoms with van der Waals surface area (Å²) in [6.45, 7) is 5.71. The van der Waals surface area contributed by atoms with E-state index in [1.54, 1.807) is 17.0 Å². The molecule has 29 heavy (non-hydrogen) atoms. The monoisotopic (exact) mass is 430 g/mol. The fraction of sp³-hybridized carbons (Fsp3) is 0.238. The van der Waals surface area contributed by atoms with Crippen molar-refractivity contribution in [2.45, 2.75) is 32.3 Å². The molecule has 0 bridgehead atoms. The van der Waals surface area contributed by atoms with E-state index < -0.39 is 9.84 Å². The maximum Gasteiger partial charge on any atom is 0.230 e. The lowest BCUT2D eigenvalue weighted by Crippen LogP contribution is -2.23. The van der Waals surface area contributed by atoms with Crippen molar-refractivity contribution in [1.82, 2.24) is 4.98 Å². The van der Waals surface area contributed by atoms with E-state index in [2.05, 4.69) is 4.98 Å². The van der Waals surface area contributed by atoms with Gasteiger partial charge in [-0.05, 0) is 49.7 Å². The predicted octanol–water partition coefficient (Wildman–Crippen LogP) is 4.43. The van der Waals surface area contributed by atoms with E-state index in [1.165, 1.54) is 30.4 Å². The number of aromatic nitrogens is 1. The highest BCUT2D eigenvalue weighted by atomic mass is 32.2. The first-order chi connectivity index (χ1) is 13.6. The molecule has 8 heteroatoms. The maximum absolute atomic E-state index is 12.3. The van der Waals surface area contributed by atoms with Crippen LogP contribution in [0.2, 0.25) is 0 Å². The predicted molar refractivity (Wildman–Crippen MR) is 115 cm³/mol. The number of thiazole rings is 1. The third-order valence-corrected chi connectivity index (χ3v) is 6.28. The Morgan fingerprint density at radius 1 is 1.14 bits per heavy atom. The number of amides is 1. The van der Waals surface area contributed by atoms with Crippen LogP contribution >= 0.6 is 11.3 Å². The number of aryl methyl sites for hydroxylation is 2. The largest absolute Gasteiger partial charge is 0.487 e. The number of carbonyl (C=O) groups is 1. The van der Waals surface area contributed by atoms with Gasteiger partial charge in [0.1, 0.15) is 12.4 Å². The minimum absolute atomic E-state index is 0.116. The number of sulfone groups is 1. The Balaban J connectivity index is 1.76. The fourth-order valence-electron chi connectivity index (χ4n) is 2.87. The first kappa shape index (κ1) is 21.0. The minimum atomic E-state index is -3.24. The summed E-state index contributed by atoms with van der Waals surface area (Å²) >= 11 is 1.37. The summed E-state index contributed by atoms with van der Waals surface area (Å²) in [4.78, 5) is 18.7. The van der Waals surface area contributed by atoms with Gasteiger partial charge in [-0.25, -0.2) is 13.4 Å². The van der Waals surface area contributed by atoms with E-state index in [0.29, 0.717) is 16.6 Å². The summed E-state index contributed by atoms with van der Waals surface area (Å²) in [6.07, 6.45) is 1.16. The van der Waals surface area contributed by atoms with Gasteiger partial charge in [-0.3, -0.25) is 9.69 Å². The summed E-state index contributed by atoms with van der Waals surface area (Å²) in [7, 11) is -3.24. The second kappa shape index (κ2) is 8.34. The lowest BCUT2D eigenvalue weighted by molar-refractivity contribution is -0.115. The molecular weight excluding hydrogens is 408 g/mol. The van der Waals surface area contributed by atoms with Crippen LogP contribution in [-0.4, -0.2) is 25.6 Å². The van der Waals surface area contributed by atoms with Gasteiger partial charge in [0.25, 0.3) is 0 Å². The van der Waals surface area contributed by atoms with Crippen molar-refractivity contribution < 1.29 is 17.9 Å². The lowest BCUT2D eigenvalue weighted by atomic mass is 10.1. The molecule has 0 aliphatic rings. The van der Waals surface area contributed by atoms with Crippen LogP contribution in [0.3, 0.4) is 0 Å². The zero-order valence-electron chi connectivity index (χ0n) is 16.7. The number of rotatable bonds is 6. The van der Waals surface area contributed by atoms with Gasteiger partial charge in [0.15, 0.2) is 15.0 Å². The van der Waals surface area contributed by atoms with Crippen LogP contribution in [0, 0.1) is 13.8 Å². The van der Waals surface area contributed by atoms with Gasteiger partial charge in [0, 0.05) is 18.6 Å². The Kier molecular flexibility index (Phi) is 6.04. The van der Waals surface area contributed by atoms with Crippen LogP contribution in [0.4, 0.5) is 10.8 Å². The molecule has 6 nitrogen and oxygen atoms in total. The molecule has 0 aliphatic carbocycles. The van der Waals surface area contributed by atoms with E-state index in [1.807, 2.05) is 37.4 Å². The number of benzene rings is 2. The molecule has 0 unspecified atom stereocenters. The molecule has 1 amide bonds. The summed E-state index contributed by atoms with van der Waals surface area (Å²) in [5.74, 6) is 0.430. The molecule has 0 N–H and O–H groups in total. The first-order valence-electron chi connectivity index (χ1n) is 8.90. The van der Waals surface area contributed by atoms with Crippen molar-refractivity contribution in [3.63, 3.8) is 0 Å². The Morgan fingerprint density at radius 3 is 2.41 bits per heavy atom. The van der Waals surface area contributed by atoms with Gasteiger partial charge < -0.3 is 4.74 Å². The normalized spacial score (nSPS) is 11.3. The van der Waals surface area contributed by atoms with Crippen molar-refractivity contribution in [2.24, 2.45) is 0 Å². The van der Waals surface area contributed by atoms with Crippen LogP contribution in [0.5, 0.6) is 5.75 Å². The molecular formula is C21H22N2O4S2. The number of nitrogens with zero attached hydrogens (tertiary/aromatic N) is 2. The van der Waals surface area contributed by atoms with Gasteiger partial charge in [-0.2, -0.15) is 0 Å². The van der Waals surface area contributed by atoms with Crippen molar-refractivity contribution in [3.8, 4) is 5.75 Å². The molecule has 2 aromatic carbocycles. The van der Waals surface area contributed by atoms with Crippen molar-refractivity contribution in [2.75, 3.05) is 11.2 Å². The molecule has 152 valence electrons. The highest BCUT2D eigenvalue weighted by Crippen LogP contribution is 2.32. The van der Waals surface area contributed by atoms with E-state index in [-0.39, 0.29) is 17.4 Å². The van der Waals surface area contributed by atoms with E-state index in [0.717, 1.165) is 23.1 Å². The Bertz CT molecular complexity index is 1140. The molecule has 0 radical (unpaired) electrons. The molecule has 1 aromatic heterocycles. The van der Waals surface area contributed by atoms with Crippen molar-refractivity contribution >= 4 is 37.9 Å². The average Bonchev–Trinajstić information content (AvgIpc) is 3.10. The Labute approximate surface area is 174 Å². The van der Waals surface area contributed by atoms with Crippen LogP contribution < -0.4 is 9.64 Å². The van der Waals surface area contributed by atoms with Gasteiger partial charge in [0.05, 0.1) is 16.3 Å². The lowest BCUT2D eigenvalue weighted by Gasteiger charge is -2.20. The summed E-state index contributed by atoms with van der Waals surface area (Å²) in [5, 5.41) is 2.43. The summed E-state index contributed by atoms with van der Waals surface area (Å²) in [6, 6.07) is 12.2. The molecule has 1 heterocycles. The maximum atomic E-state index is 12.3. The van der Waals surface area contributed by atoms with Gasteiger partial charge in [0.2, 0.25) is 5.91 Å². The summed E-state index contributed by atoms with van der Waals surface area (Å²) in [5.41, 5.74) is 3.62. The van der Waals surface area contributed by atoms with Gasteiger partial charge in [-0.1, -0.05) is 17.7 Å². The van der Waals surface area contributed by atoms with Gasteiger partial charge in [-0.15, -0.1) is 11.3 Å². The zero-order chi connectivity index (χ0) is 21.2. The van der Waals surface area contributed by atoms with Crippen LogP contribution in [-0.2, 0) is 21.2 Å². The molecule has 3 rings (SSSR count). The molecule has 0 saturated carbocycles. The molecule has 0 saturated heterocycles. The number of ether oxygens (including phenoxy) is 1. The first-order valence-corrected chi connectivity index (χ1v) is 11.7. The summed E-state index contributed by atoms with van der Waals surface area (Å²) < 4.78 is 28.8. The number of hydrogen-bond acceptors (Lipinski definition) is 6. The van der Waals surface area contributed by atoms with Crippen LogP contribution in [0.1, 0.15) is 23.7 Å². The van der Waals surface area contributed by atoms with E-state index in [4.69, 9.17) is 4.74 Å².